The number of fused-ring (bicyclic) bond motifs is 5. The maximum absolute atomic E-state index is 14.0. The highest BCUT2D eigenvalue weighted by atomic mass is 35.5. The van der Waals surface area contributed by atoms with E-state index >= 15 is 0 Å². The number of amides is 3. The lowest BCUT2D eigenvalue weighted by Gasteiger charge is -2.29. The van der Waals surface area contributed by atoms with Gasteiger partial charge in [-0.3, -0.25) is 19.7 Å². The first kappa shape index (κ1) is 21.4. The number of aromatic amines is 1. The fraction of sp³-hybridized carbons (Fsp3) is 0.179. The molecule has 2 saturated heterocycles. The van der Waals surface area contributed by atoms with Gasteiger partial charge in [0.05, 0.1) is 28.2 Å². The van der Waals surface area contributed by atoms with Crippen LogP contribution in [0.5, 0.6) is 0 Å². The molecule has 4 atom stereocenters. The largest absolute Gasteiger partial charge is 0.361 e. The first-order chi connectivity index (χ1) is 17.5. The molecule has 3 N–H and O–H groups in total. The Balaban J connectivity index is 1.39. The Morgan fingerprint density at radius 1 is 0.889 bits per heavy atom. The lowest BCUT2D eigenvalue weighted by atomic mass is 9.76. The van der Waals surface area contributed by atoms with Crippen LogP contribution in [-0.4, -0.2) is 28.7 Å². The highest BCUT2D eigenvalue weighted by molar-refractivity contribution is 6.35. The number of anilines is 2. The van der Waals surface area contributed by atoms with Gasteiger partial charge >= 0.3 is 0 Å². The summed E-state index contributed by atoms with van der Waals surface area (Å²) in [6.45, 7) is 0. The van der Waals surface area contributed by atoms with Crippen LogP contribution >= 0.6 is 11.6 Å². The van der Waals surface area contributed by atoms with Gasteiger partial charge in [-0.25, -0.2) is 4.90 Å². The van der Waals surface area contributed by atoms with E-state index in [1.807, 2.05) is 36.5 Å². The molecule has 4 aromatic rings. The number of hydrogen-bond donors (Lipinski definition) is 3. The Labute approximate surface area is 211 Å². The summed E-state index contributed by atoms with van der Waals surface area (Å²) in [4.78, 5) is 46.1. The normalized spacial score (nSPS) is 26.6. The van der Waals surface area contributed by atoms with Crippen molar-refractivity contribution in [3.63, 3.8) is 0 Å². The maximum Gasteiger partial charge on any atom is 0.250 e. The number of rotatable bonds is 3. The highest BCUT2D eigenvalue weighted by Crippen LogP contribution is 2.55. The van der Waals surface area contributed by atoms with E-state index < -0.39 is 23.4 Å². The molecule has 0 aliphatic carbocycles. The fourth-order valence-corrected chi connectivity index (χ4v) is 6.56. The van der Waals surface area contributed by atoms with Gasteiger partial charge in [0, 0.05) is 28.7 Å². The zero-order valence-corrected chi connectivity index (χ0v) is 19.8. The number of para-hydroxylation sites is 3. The molecule has 3 aliphatic rings. The van der Waals surface area contributed by atoms with E-state index in [2.05, 4.69) is 15.6 Å². The molecule has 3 amide bonds. The number of carbonyl (C=O) groups excluding carboxylic acids is 3. The third-order valence-electron chi connectivity index (χ3n) is 7.83. The topological polar surface area (TPSA) is 94.3 Å². The van der Waals surface area contributed by atoms with Crippen molar-refractivity contribution in [3.05, 3.63) is 95.1 Å². The number of aromatic nitrogens is 1. The molecule has 4 heterocycles. The van der Waals surface area contributed by atoms with E-state index in [-0.39, 0.29) is 17.7 Å². The zero-order valence-electron chi connectivity index (χ0n) is 19.0. The van der Waals surface area contributed by atoms with Gasteiger partial charge < -0.3 is 10.3 Å². The zero-order chi connectivity index (χ0) is 24.6. The van der Waals surface area contributed by atoms with E-state index in [0.29, 0.717) is 28.4 Å². The van der Waals surface area contributed by atoms with Crippen LogP contribution in [0.1, 0.15) is 11.1 Å². The molecule has 178 valence electrons. The van der Waals surface area contributed by atoms with Gasteiger partial charge in [0.25, 0.3) is 0 Å². The van der Waals surface area contributed by atoms with Crippen molar-refractivity contribution in [1.29, 1.82) is 0 Å². The molecular formula is C28H21ClN4O3. The predicted molar refractivity (Wildman–Crippen MR) is 137 cm³/mol. The average molecular weight is 497 g/mol. The highest BCUT2D eigenvalue weighted by Gasteiger charge is 2.70. The summed E-state index contributed by atoms with van der Waals surface area (Å²) >= 11 is 6.44. The number of H-pyrrole nitrogens is 1. The van der Waals surface area contributed by atoms with Gasteiger partial charge in [0.15, 0.2) is 0 Å². The summed E-state index contributed by atoms with van der Waals surface area (Å²) in [6.07, 6.45) is 2.40. The van der Waals surface area contributed by atoms with Crippen LogP contribution in [0.2, 0.25) is 5.02 Å². The Kier molecular flexibility index (Phi) is 4.46. The molecule has 0 unspecified atom stereocenters. The van der Waals surface area contributed by atoms with Crippen molar-refractivity contribution in [1.82, 2.24) is 10.3 Å². The Bertz CT molecular complexity index is 1580. The van der Waals surface area contributed by atoms with Crippen LogP contribution in [0.3, 0.4) is 0 Å². The van der Waals surface area contributed by atoms with Gasteiger partial charge in [0.1, 0.15) is 5.54 Å². The van der Waals surface area contributed by atoms with Gasteiger partial charge in [-0.1, -0.05) is 60.1 Å². The molecule has 36 heavy (non-hydrogen) atoms. The predicted octanol–water partition coefficient (Wildman–Crippen LogP) is 3.99. The van der Waals surface area contributed by atoms with E-state index in [1.54, 1.807) is 42.5 Å². The molecule has 2 fully saturated rings. The van der Waals surface area contributed by atoms with Crippen LogP contribution in [0.15, 0.2) is 79.0 Å². The van der Waals surface area contributed by atoms with Crippen molar-refractivity contribution in [2.24, 2.45) is 11.8 Å². The molecule has 8 heteroatoms. The molecule has 3 aromatic carbocycles. The van der Waals surface area contributed by atoms with Crippen molar-refractivity contribution in [2.75, 3.05) is 10.2 Å². The molecule has 1 aromatic heterocycles. The van der Waals surface area contributed by atoms with Crippen molar-refractivity contribution < 1.29 is 14.4 Å². The molecule has 0 bridgehead atoms. The van der Waals surface area contributed by atoms with Crippen molar-refractivity contribution in [2.45, 2.75) is 18.0 Å². The number of nitrogens with zero attached hydrogens (tertiary/aromatic N) is 1. The second kappa shape index (κ2) is 7.53. The van der Waals surface area contributed by atoms with Gasteiger partial charge in [-0.05, 0) is 36.2 Å². The van der Waals surface area contributed by atoms with Crippen LogP contribution in [0.25, 0.3) is 10.9 Å². The van der Waals surface area contributed by atoms with Gasteiger partial charge in [-0.2, -0.15) is 0 Å². The molecular weight excluding hydrogens is 476 g/mol. The Morgan fingerprint density at radius 2 is 1.67 bits per heavy atom. The van der Waals surface area contributed by atoms with Crippen molar-refractivity contribution >= 4 is 51.6 Å². The van der Waals surface area contributed by atoms with Gasteiger partial charge in [-0.15, -0.1) is 0 Å². The molecule has 3 aliphatic heterocycles. The molecule has 1 spiro atoms. The molecule has 7 nitrogen and oxygen atoms in total. The second-order valence-corrected chi connectivity index (χ2v) is 10.00. The Morgan fingerprint density at radius 3 is 2.50 bits per heavy atom. The van der Waals surface area contributed by atoms with Gasteiger partial charge in [0.2, 0.25) is 17.7 Å². The van der Waals surface area contributed by atoms with E-state index in [4.69, 9.17) is 11.6 Å². The van der Waals surface area contributed by atoms with Crippen LogP contribution in [-0.2, 0) is 26.3 Å². The summed E-state index contributed by atoms with van der Waals surface area (Å²) in [6, 6.07) is 21.7. The number of carbonyl (C=O) groups is 3. The quantitative estimate of drug-likeness (QED) is 0.374. The smallest absolute Gasteiger partial charge is 0.250 e. The third-order valence-corrected chi connectivity index (χ3v) is 8.14. The standard InChI is InChI=1S/C28H21ClN4O3/c29-19-11-6-10-18-24(19)31-27(36)28(18)23-22(25(34)33(26(23)35)16-7-2-1-3-8-16)21(32-28)13-15-14-30-20-12-5-4-9-17(15)20/h1-12,14,21-23,30,32H,13H2,(H,31,36)/t21-,22-,23+,28-/m1/s1. The van der Waals surface area contributed by atoms with Crippen LogP contribution < -0.4 is 15.5 Å². The third kappa shape index (κ3) is 2.69. The molecule has 0 radical (unpaired) electrons. The number of nitrogens with one attached hydrogen (secondary N) is 3. The number of imide groups is 1. The minimum atomic E-state index is -1.39. The number of benzene rings is 3. The summed E-state index contributed by atoms with van der Waals surface area (Å²) < 4.78 is 0. The summed E-state index contributed by atoms with van der Waals surface area (Å²) in [5, 5.41) is 7.82. The van der Waals surface area contributed by atoms with Crippen LogP contribution in [0.4, 0.5) is 11.4 Å². The average Bonchev–Trinajstić information content (AvgIpc) is 3.60. The monoisotopic (exact) mass is 496 g/mol. The minimum Gasteiger partial charge on any atom is -0.361 e. The SMILES string of the molecule is O=C1[C@H]2[C@@H](C(=O)N1c1ccccc1)[C@@]1(N[C@@H]2Cc2c[nH]c3ccccc23)C(=O)Nc2c(Cl)cccc21. The summed E-state index contributed by atoms with van der Waals surface area (Å²) in [5.74, 6) is -2.66. The van der Waals surface area contributed by atoms with E-state index in [9.17, 15) is 14.4 Å². The minimum absolute atomic E-state index is 0.298. The van der Waals surface area contributed by atoms with E-state index in [0.717, 1.165) is 16.5 Å². The maximum atomic E-state index is 14.0. The fourth-order valence-electron chi connectivity index (χ4n) is 6.34. The molecule has 7 rings (SSSR count). The van der Waals surface area contributed by atoms with Crippen LogP contribution in [0, 0.1) is 11.8 Å². The Hall–Kier alpha value is -3.94. The van der Waals surface area contributed by atoms with E-state index in [1.165, 1.54) is 4.90 Å². The summed E-state index contributed by atoms with van der Waals surface area (Å²) in [7, 11) is 0. The lowest BCUT2D eigenvalue weighted by molar-refractivity contribution is -0.130. The summed E-state index contributed by atoms with van der Waals surface area (Å²) in [5.41, 5.74) is 2.22. The number of hydrogen-bond acceptors (Lipinski definition) is 4. The second-order valence-electron chi connectivity index (χ2n) is 9.59. The molecule has 0 saturated carbocycles. The number of halogens is 1. The van der Waals surface area contributed by atoms with Crippen molar-refractivity contribution in [3.8, 4) is 0 Å². The first-order valence-corrected chi connectivity index (χ1v) is 12.2. The lowest BCUT2D eigenvalue weighted by Crippen LogP contribution is -2.53. The first-order valence-electron chi connectivity index (χ1n) is 11.9.